The summed E-state index contributed by atoms with van der Waals surface area (Å²) >= 11 is 0. The monoisotopic (exact) mass is 222 g/mol. The van der Waals surface area contributed by atoms with Crippen molar-refractivity contribution >= 4 is 5.91 Å². The van der Waals surface area contributed by atoms with Crippen LogP contribution in [-0.2, 0) is 11.3 Å². The highest BCUT2D eigenvalue weighted by molar-refractivity contribution is 5.73. The molecule has 16 heavy (non-hydrogen) atoms. The summed E-state index contributed by atoms with van der Waals surface area (Å²) in [4.78, 5) is 12.7. The predicted octanol–water partition coefficient (Wildman–Crippen LogP) is 0.356. The lowest BCUT2D eigenvalue weighted by Crippen LogP contribution is -2.30. The molecule has 4 heteroatoms. The number of aliphatic hydroxyl groups is 1. The van der Waals surface area contributed by atoms with Crippen molar-refractivity contribution in [3.05, 3.63) is 35.9 Å². The van der Waals surface area contributed by atoms with Gasteiger partial charge >= 0.3 is 0 Å². The lowest BCUT2D eigenvalue weighted by atomic mass is 10.2. The molecule has 0 aliphatic rings. The number of hydrogen-bond acceptors (Lipinski definition) is 3. The number of amides is 1. The number of nitrogens with zero attached hydrogens (tertiary/aromatic N) is 1. The second kappa shape index (κ2) is 6.98. The number of primary amides is 1. The molecule has 0 aromatic heterocycles. The fourth-order valence-corrected chi connectivity index (χ4v) is 1.52. The largest absolute Gasteiger partial charge is 0.395 e. The average Bonchev–Trinajstić information content (AvgIpc) is 2.27. The van der Waals surface area contributed by atoms with Gasteiger partial charge in [-0.2, -0.15) is 0 Å². The van der Waals surface area contributed by atoms with Crippen LogP contribution >= 0.6 is 0 Å². The SMILES string of the molecule is NC(=O)CCN(CCO)Cc1ccccc1. The fraction of sp³-hybridized carbons (Fsp3) is 0.417. The third kappa shape index (κ3) is 4.91. The van der Waals surface area contributed by atoms with E-state index in [1.807, 2.05) is 35.2 Å². The smallest absolute Gasteiger partial charge is 0.218 e. The number of carbonyl (C=O) groups is 1. The zero-order valence-electron chi connectivity index (χ0n) is 9.30. The van der Waals surface area contributed by atoms with Crippen LogP contribution in [-0.4, -0.2) is 35.6 Å². The van der Waals surface area contributed by atoms with E-state index < -0.39 is 0 Å². The Balaban J connectivity index is 2.47. The summed E-state index contributed by atoms with van der Waals surface area (Å²) < 4.78 is 0. The third-order valence-corrected chi connectivity index (χ3v) is 2.34. The molecule has 3 N–H and O–H groups in total. The predicted molar refractivity (Wildman–Crippen MR) is 62.6 cm³/mol. The fourth-order valence-electron chi connectivity index (χ4n) is 1.52. The molecule has 1 aromatic carbocycles. The van der Waals surface area contributed by atoms with Crippen molar-refractivity contribution < 1.29 is 9.90 Å². The molecule has 0 aliphatic carbocycles. The molecule has 0 fully saturated rings. The topological polar surface area (TPSA) is 66.6 Å². The first-order chi connectivity index (χ1) is 7.72. The van der Waals surface area contributed by atoms with Gasteiger partial charge in [-0.3, -0.25) is 9.69 Å². The molecule has 4 nitrogen and oxygen atoms in total. The first-order valence-corrected chi connectivity index (χ1v) is 5.38. The summed E-state index contributed by atoms with van der Waals surface area (Å²) in [5.41, 5.74) is 6.27. The third-order valence-electron chi connectivity index (χ3n) is 2.34. The van der Waals surface area contributed by atoms with Crippen molar-refractivity contribution in [2.45, 2.75) is 13.0 Å². The number of nitrogens with two attached hydrogens (primary N) is 1. The van der Waals surface area contributed by atoms with Gasteiger partial charge in [0.2, 0.25) is 5.91 Å². The van der Waals surface area contributed by atoms with E-state index in [1.54, 1.807) is 0 Å². The maximum Gasteiger partial charge on any atom is 0.218 e. The van der Waals surface area contributed by atoms with Gasteiger partial charge in [-0.25, -0.2) is 0 Å². The van der Waals surface area contributed by atoms with Crippen LogP contribution in [0.15, 0.2) is 30.3 Å². The summed E-state index contributed by atoms with van der Waals surface area (Å²) in [6, 6.07) is 9.95. The molecule has 0 aliphatic heterocycles. The minimum atomic E-state index is -0.309. The standard InChI is InChI=1S/C12H18N2O2/c13-12(16)6-7-14(8-9-15)10-11-4-2-1-3-5-11/h1-5,15H,6-10H2,(H2,13,16). The van der Waals surface area contributed by atoms with Gasteiger partial charge in [-0.05, 0) is 5.56 Å². The lowest BCUT2D eigenvalue weighted by Gasteiger charge is -2.20. The Kier molecular flexibility index (Phi) is 5.53. The van der Waals surface area contributed by atoms with Crippen molar-refractivity contribution in [2.24, 2.45) is 5.73 Å². The van der Waals surface area contributed by atoms with Gasteiger partial charge in [0, 0.05) is 26.1 Å². The Morgan fingerprint density at radius 2 is 1.94 bits per heavy atom. The quantitative estimate of drug-likeness (QED) is 0.700. The minimum Gasteiger partial charge on any atom is -0.395 e. The maximum absolute atomic E-state index is 10.7. The summed E-state index contributed by atoms with van der Waals surface area (Å²) in [6.07, 6.45) is 0.326. The van der Waals surface area contributed by atoms with Crippen LogP contribution < -0.4 is 5.73 Å². The van der Waals surface area contributed by atoms with Crippen LogP contribution in [0.25, 0.3) is 0 Å². The number of carbonyl (C=O) groups excluding carboxylic acids is 1. The molecule has 0 atom stereocenters. The minimum absolute atomic E-state index is 0.0889. The number of benzene rings is 1. The summed E-state index contributed by atoms with van der Waals surface area (Å²) in [6.45, 7) is 1.97. The van der Waals surface area contributed by atoms with E-state index in [4.69, 9.17) is 10.8 Å². The van der Waals surface area contributed by atoms with Crippen LogP contribution in [0.1, 0.15) is 12.0 Å². The Bertz CT molecular complexity index is 314. The van der Waals surface area contributed by atoms with E-state index >= 15 is 0 Å². The van der Waals surface area contributed by atoms with E-state index in [2.05, 4.69) is 0 Å². The highest BCUT2D eigenvalue weighted by Gasteiger charge is 2.06. The van der Waals surface area contributed by atoms with Gasteiger partial charge in [0.05, 0.1) is 6.61 Å². The van der Waals surface area contributed by atoms with Gasteiger partial charge in [-0.1, -0.05) is 30.3 Å². The zero-order valence-corrected chi connectivity index (χ0v) is 9.30. The molecule has 1 rings (SSSR count). The van der Waals surface area contributed by atoms with E-state index in [9.17, 15) is 4.79 Å². The van der Waals surface area contributed by atoms with Crippen LogP contribution in [0, 0.1) is 0 Å². The lowest BCUT2D eigenvalue weighted by molar-refractivity contribution is -0.118. The van der Waals surface area contributed by atoms with Gasteiger partial charge in [0.1, 0.15) is 0 Å². The Morgan fingerprint density at radius 1 is 1.25 bits per heavy atom. The molecule has 1 aromatic rings. The molecule has 0 saturated heterocycles. The Morgan fingerprint density at radius 3 is 2.50 bits per heavy atom. The maximum atomic E-state index is 10.7. The Labute approximate surface area is 95.7 Å². The van der Waals surface area contributed by atoms with Gasteiger partial charge in [-0.15, -0.1) is 0 Å². The van der Waals surface area contributed by atoms with Crippen molar-refractivity contribution in [1.29, 1.82) is 0 Å². The van der Waals surface area contributed by atoms with E-state index in [0.717, 1.165) is 6.54 Å². The van der Waals surface area contributed by atoms with Crippen molar-refractivity contribution in [3.63, 3.8) is 0 Å². The molecule has 0 heterocycles. The molecule has 1 amide bonds. The molecule has 0 spiro atoms. The van der Waals surface area contributed by atoms with E-state index in [1.165, 1.54) is 5.56 Å². The zero-order chi connectivity index (χ0) is 11.8. The second-order valence-corrected chi connectivity index (χ2v) is 3.70. The highest BCUT2D eigenvalue weighted by atomic mass is 16.3. The molecule has 0 unspecified atom stereocenters. The van der Waals surface area contributed by atoms with Gasteiger partial charge in [0.15, 0.2) is 0 Å². The molecule has 0 bridgehead atoms. The van der Waals surface area contributed by atoms with Crippen molar-refractivity contribution in [2.75, 3.05) is 19.7 Å². The van der Waals surface area contributed by atoms with Crippen molar-refractivity contribution in [3.8, 4) is 0 Å². The number of aliphatic hydroxyl groups excluding tert-OH is 1. The van der Waals surface area contributed by atoms with Crippen LogP contribution in [0.3, 0.4) is 0 Å². The first kappa shape index (κ1) is 12.7. The Hall–Kier alpha value is -1.39. The highest BCUT2D eigenvalue weighted by Crippen LogP contribution is 2.04. The normalized spacial score (nSPS) is 10.6. The molecule has 0 radical (unpaired) electrons. The van der Waals surface area contributed by atoms with Crippen molar-refractivity contribution in [1.82, 2.24) is 4.90 Å². The van der Waals surface area contributed by atoms with E-state index in [0.29, 0.717) is 19.5 Å². The van der Waals surface area contributed by atoms with Crippen LogP contribution in [0.2, 0.25) is 0 Å². The molecule has 88 valence electrons. The summed E-state index contributed by atoms with van der Waals surface area (Å²) in [5.74, 6) is -0.309. The first-order valence-electron chi connectivity index (χ1n) is 5.38. The van der Waals surface area contributed by atoms with Gasteiger partial charge in [0.25, 0.3) is 0 Å². The molecular formula is C12H18N2O2. The number of rotatable bonds is 7. The number of hydrogen-bond donors (Lipinski definition) is 2. The van der Waals surface area contributed by atoms with Crippen LogP contribution in [0.4, 0.5) is 0 Å². The molecular weight excluding hydrogens is 204 g/mol. The second-order valence-electron chi connectivity index (χ2n) is 3.70. The average molecular weight is 222 g/mol. The van der Waals surface area contributed by atoms with E-state index in [-0.39, 0.29) is 12.5 Å². The molecule has 0 saturated carbocycles. The summed E-state index contributed by atoms with van der Waals surface area (Å²) in [5, 5.41) is 8.92. The van der Waals surface area contributed by atoms with Gasteiger partial charge < -0.3 is 10.8 Å². The summed E-state index contributed by atoms with van der Waals surface area (Å²) in [7, 11) is 0. The van der Waals surface area contributed by atoms with Crippen LogP contribution in [0.5, 0.6) is 0 Å².